The van der Waals surface area contributed by atoms with Gasteiger partial charge in [-0.2, -0.15) is 0 Å². The van der Waals surface area contributed by atoms with Gasteiger partial charge in [-0.05, 0) is 40.6 Å². The highest BCUT2D eigenvalue weighted by atomic mass is 32.2. The molecule has 0 aromatic heterocycles. The largest absolute Gasteiger partial charge is 0.492 e. The van der Waals surface area contributed by atoms with Crippen LogP contribution in [0.5, 0.6) is 11.5 Å². The maximum absolute atomic E-state index is 13.5. The number of ketones is 1. The van der Waals surface area contributed by atoms with E-state index in [9.17, 15) is 18.0 Å². The number of benzene rings is 3. The lowest BCUT2D eigenvalue weighted by atomic mass is 9.86. The average molecular weight is 599 g/mol. The summed E-state index contributed by atoms with van der Waals surface area (Å²) in [6.45, 7) is 10.5. The molecule has 1 saturated heterocycles. The maximum Gasteiger partial charge on any atom is 0.296 e. The summed E-state index contributed by atoms with van der Waals surface area (Å²) in [7, 11) is -0.0930. The van der Waals surface area contributed by atoms with E-state index in [1.807, 2.05) is 32.9 Å². The lowest BCUT2D eigenvalue weighted by Gasteiger charge is -2.37. The number of rotatable bonds is 10. The molecule has 4 rings (SSSR count). The van der Waals surface area contributed by atoms with Crippen LogP contribution in [0.3, 0.4) is 0 Å². The summed E-state index contributed by atoms with van der Waals surface area (Å²) in [5.41, 5.74) is 0.908. The van der Waals surface area contributed by atoms with Crippen LogP contribution in [0, 0.1) is 0 Å². The Morgan fingerprint density at radius 2 is 1.64 bits per heavy atom. The Kier molecular flexibility index (Phi) is 9.15. The zero-order valence-corrected chi connectivity index (χ0v) is 25.9. The van der Waals surface area contributed by atoms with E-state index in [1.54, 1.807) is 36.4 Å². The van der Waals surface area contributed by atoms with Gasteiger partial charge in [0.25, 0.3) is 11.7 Å². The molecule has 2 N–H and O–H groups in total. The first-order chi connectivity index (χ1) is 19.7. The van der Waals surface area contributed by atoms with Crippen LogP contribution in [0.1, 0.15) is 36.7 Å². The van der Waals surface area contributed by atoms with Crippen LogP contribution in [0.4, 0.5) is 11.4 Å². The topological polar surface area (TPSA) is 120 Å². The molecule has 226 valence electrons. The molecule has 1 fully saturated rings. The number of anilines is 2. The normalized spacial score (nSPS) is 15.2. The number of Topliss-reactive ketones (excluding diaryl/α,β-unsaturated/α-hetero) is 1. The van der Waals surface area contributed by atoms with E-state index in [0.717, 1.165) is 54.5 Å². The highest BCUT2D eigenvalue weighted by molar-refractivity contribution is 7.92. The number of fused-ring (bicyclic) bond motifs is 1. The van der Waals surface area contributed by atoms with Crippen LogP contribution in [-0.4, -0.2) is 84.5 Å². The molecule has 11 heteroatoms. The Labute approximate surface area is 247 Å². The Bertz CT molecular complexity index is 1590. The number of methoxy groups -OCH3 is 1. The Hall–Kier alpha value is -3.67. The fourth-order valence-corrected chi connectivity index (χ4v) is 5.48. The van der Waals surface area contributed by atoms with Crippen LogP contribution in [-0.2, 0) is 25.0 Å². The molecule has 0 radical (unpaired) electrons. The van der Waals surface area contributed by atoms with E-state index in [1.165, 1.54) is 7.11 Å². The number of amides is 1. The highest BCUT2D eigenvalue weighted by Crippen LogP contribution is 2.39. The number of nitrogens with one attached hydrogen (secondary N) is 2. The zero-order valence-electron chi connectivity index (χ0n) is 25.1. The van der Waals surface area contributed by atoms with Crippen molar-refractivity contribution in [1.29, 1.82) is 0 Å². The first kappa shape index (κ1) is 31.3. The molecule has 1 aliphatic rings. The zero-order chi connectivity index (χ0) is 30.7. The molecule has 1 aliphatic heterocycles. The van der Waals surface area contributed by atoms with Crippen molar-refractivity contribution in [2.45, 2.75) is 26.2 Å². The average Bonchev–Trinajstić information content (AvgIpc) is 2.91. The van der Waals surface area contributed by atoms with E-state index in [-0.39, 0.29) is 22.7 Å². The van der Waals surface area contributed by atoms with Gasteiger partial charge in [0.15, 0.2) is 5.75 Å². The summed E-state index contributed by atoms with van der Waals surface area (Å²) in [6, 6.07) is 14.0. The molecule has 0 saturated carbocycles. The quantitative estimate of drug-likeness (QED) is 0.204. The van der Waals surface area contributed by atoms with Crippen molar-refractivity contribution in [1.82, 2.24) is 0 Å². The number of quaternary nitrogens is 1. The van der Waals surface area contributed by atoms with Crippen LogP contribution < -0.4 is 19.5 Å². The minimum atomic E-state index is -3.65. The summed E-state index contributed by atoms with van der Waals surface area (Å²) in [6.07, 6.45) is 1.03. The van der Waals surface area contributed by atoms with E-state index in [4.69, 9.17) is 14.2 Å². The van der Waals surface area contributed by atoms with Gasteiger partial charge in [0.05, 0.1) is 45.0 Å². The van der Waals surface area contributed by atoms with Crippen molar-refractivity contribution in [3.63, 3.8) is 0 Å². The first-order valence-electron chi connectivity index (χ1n) is 13.8. The number of nitrogens with zero attached hydrogens (tertiary/aromatic N) is 1. The fraction of sp³-hybridized carbons (Fsp3) is 0.419. The lowest BCUT2D eigenvalue weighted by Crippen LogP contribution is -2.53. The number of hydrogen-bond donors (Lipinski definition) is 2. The third-order valence-corrected chi connectivity index (χ3v) is 8.07. The molecule has 0 unspecified atom stereocenters. The number of carbonyl (C=O) groups excluding carboxylic acids is 2. The molecule has 0 spiro atoms. The van der Waals surface area contributed by atoms with Gasteiger partial charge in [0.1, 0.15) is 32.0 Å². The molecule has 3 aromatic rings. The standard InChI is InChI=1S/C31H39N3O7S/c1-31(2,3)21-19-25(29(39-5)26(20-21)33-42(6,37)38)32-30(36)28(35)24-11-12-27(23-10-8-7-9-22(23)24)41-18-15-34(4)13-16-40-17-14-34/h7-12,19-20,33H,13-18H2,1-6H3/p+1. The fourth-order valence-electron chi connectivity index (χ4n) is 4.93. The van der Waals surface area contributed by atoms with Crippen molar-refractivity contribution in [3.8, 4) is 11.5 Å². The predicted molar refractivity (Wildman–Crippen MR) is 164 cm³/mol. The van der Waals surface area contributed by atoms with Gasteiger partial charge >= 0.3 is 0 Å². The van der Waals surface area contributed by atoms with E-state index < -0.39 is 27.1 Å². The smallest absolute Gasteiger partial charge is 0.296 e. The van der Waals surface area contributed by atoms with Crippen molar-refractivity contribution >= 4 is 43.9 Å². The van der Waals surface area contributed by atoms with Gasteiger partial charge in [-0.15, -0.1) is 0 Å². The highest BCUT2D eigenvalue weighted by Gasteiger charge is 2.27. The van der Waals surface area contributed by atoms with E-state index >= 15 is 0 Å². The number of likely N-dealkylation sites (N-methyl/N-ethyl adjacent to an activating group) is 1. The van der Waals surface area contributed by atoms with Gasteiger partial charge < -0.3 is 24.0 Å². The summed E-state index contributed by atoms with van der Waals surface area (Å²) in [5, 5.41) is 3.98. The summed E-state index contributed by atoms with van der Waals surface area (Å²) < 4.78 is 44.5. The third kappa shape index (κ3) is 7.39. The minimum Gasteiger partial charge on any atom is -0.492 e. The van der Waals surface area contributed by atoms with Gasteiger partial charge in [0, 0.05) is 10.9 Å². The molecule has 0 aliphatic carbocycles. The molecule has 0 bridgehead atoms. The molecule has 1 heterocycles. The van der Waals surface area contributed by atoms with Crippen LogP contribution in [0.25, 0.3) is 10.8 Å². The van der Waals surface area contributed by atoms with E-state index in [0.29, 0.717) is 17.7 Å². The molecule has 0 atom stereocenters. The second-order valence-corrected chi connectivity index (χ2v) is 13.7. The van der Waals surface area contributed by atoms with Crippen molar-refractivity contribution in [2.75, 3.05) is 69.9 Å². The monoisotopic (exact) mass is 598 g/mol. The van der Waals surface area contributed by atoms with Gasteiger partial charge in [-0.3, -0.25) is 14.3 Å². The molecule has 3 aromatic carbocycles. The second-order valence-electron chi connectivity index (χ2n) is 11.9. The van der Waals surface area contributed by atoms with Crippen LogP contribution in [0.2, 0.25) is 0 Å². The van der Waals surface area contributed by atoms with Crippen LogP contribution >= 0.6 is 0 Å². The number of morpholine rings is 1. The number of hydrogen-bond acceptors (Lipinski definition) is 7. The first-order valence-corrected chi connectivity index (χ1v) is 15.7. The van der Waals surface area contributed by atoms with E-state index in [2.05, 4.69) is 17.1 Å². The Balaban J connectivity index is 1.61. The summed E-state index contributed by atoms with van der Waals surface area (Å²) >= 11 is 0. The molecule has 42 heavy (non-hydrogen) atoms. The summed E-state index contributed by atoms with van der Waals surface area (Å²) in [5.74, 6) is -0.892. The predicted octanol–water partition coefficient (Wildman–Crippen LogP) is 4.19. The summed E-state index contributed by atoms with van der Waals surface area (Å²) in [4.78, 5) is 26.9. The number of sulfonamides is 1. The minimum absolute atomic E-state index is 0.0970. The number of ether oxygens (including phenoxy) is 3. The Morgan fingerprint density at radius 3 is 2.26 bits per heavy atom. The molecular formula is C31H40N3O7S+. The Morgan fingerprint density at radius 1 is 1.00 bits per heavy atom. The van der Waals surface area contributed by atoms with Crippen LogP contribution in [0.15, 0.2) is 48.5 Å². The lowest BCUT2D eigenvalue weighted by molar-refractivity contribution is -0.916. The molecular weight excluding hydrogens is 558 g/mol. The van der Waals surface area contributed by atoms with Crippen molar-refractivity contribution in [2.24, 2.45) is 0 Å². The van der Waals surface area contributed by atoms with Crippen molar-refractivity contribution < 1.29 is 36.7 Å². The SMILES string of the molecule is COc1c(NC(=O)C(=O)c2ccc(OCC[N+]3(C)CCOCC3)c3ccccc23)cc(C(C)(C)C)cc1NS(C)(=O)=O. The third-order valence-electron chi connectivity index (χ3n) is 7.48. The maximum atomic E-state index is 13.5. The molecule has 10 nitrogen and oxygen atoms in total. The number of carbonyl (C=O) groups is 2. The van der Waals surface area contributed by atoms with Gasteiger partial charge in [-0.1, -0.05) is 45.0 Å². The second kappa shape index (κ2) is 12.3. The van der Waals surface area contributed by atoms with Gasteiger partial charge in [-0.25, -0.2) is 8.42 Å². The van der Waals surface area contributed by atoms with Gasteiger partial charge in [0.2, 0.25) is 10.0 Å². The molecule has 1 amide bonds. The van der Waals surface area contributed by atoms with Crippen molar-refractivity contribution in [3.05, 3.63) is 59.7 Å².